The van der Waals surface area contributed by atoms with E-state index in [1.165, 1.54) is 12.8 Å². The van der Waals surface area contributed by atoms with Crippen LogP contribution in [-0.4, -0.2) is 49.6 Å². The molecule has 1 heterocycles. The molecule has 116 valence electrons. The number of carbonyl (C=O) groups is 2. The minimum atomic E-state index is -0.201. The summed E-state index contributed by atoms with van der Waals surface area (Å²) in [5.74, 6) is -0.129. The lowest BCUT2D eigenvalue weighted by Gasteiger charge is -2.23. The number of nitrogens with zero attached hydrogens (tertiary/aromatic N) is 1. The van der Waals surface area contributed by atoms with Gasteiger partial charge in [-0.1, -0.05) is 26.2 Å². The quantitative estimate of drug-likeness (QED) is 0.654. The smallest absolute Gasteiger partial charge is 0.225 e. The van der Waals surface area contributed by atoms with E-state index in [-0.39, 0.29) is 23.8 Å². The highest BCUT2D eigenvalue weighted by atomic mass is 16.5. The molecule has 0 aromatic heterocycles. The summed E-state index contributed by atoms with van der Waals surface area (Å²) in [7, 11) is 1.62. The largest absolute Gasteiger partial charge is 0.383 e. The first-order chi connectivity index (χ1) is 9.60. The van der Waals surface area contributed by atoms with Crippen LogP contribution >= 0.6 is 0 Å². The van der Waals surface area contributed by atoms with Gasteiger partial charge in [0.25, 0.3) is 0 Å². The van der Waals surface area contributed by atoms with E-state index in [0.29, 0.717) is 19.6 Å². The second kappa shape index (κ2) is 8.95. The number of ether oxygens (including phenoxy) is 1. The number of carbonyl (C=O) groups excluding carboxylic acids is 2. The van der Waals surface area contributed by atoms with Gasteiger partial charge in [0.05, 0.1) is 18.6 Å². The molecule has 5 heteroatoms. The highest BCUT2D eigenvalue weighted by Gasteiger charge is 2.36. The number of amides is 2. The molecule has 0 aromatic carbocycles. The Morgan fingerprint density at radius 1 is 1.45 bits per heavy atom. The van der Waals surface area contributed by atoms with Crippen molar-refractivity contribution in [1.82, 2.24) is 10.2 Å². The molecule has 0 aromatic rings. The molecule has 1 rings (SSSR count). The Morgan fingerprint density at radius 2 is 2.20 bits per heavy atom. The molecule has 0 bridgehead atoms. The topological polar surface area (TPSA) is 58.6 Å². The Kier molecular flexibility index (Phi) is 7.59. The minimum Gasteiger partial charge on any atom is -0.383 e. The zero-order valence-electron chi connectivity index (χ0n) is 13.0. The van der Waals surface area contributed by atoms with Gasteiger partial charge in [0.2, 0.25) is 11.8 Å². The molecule has 1 aliphatic heterocycles. The first-order valence-electron chi connectivity index (χ1n) is 7.66. The van der Waals surface area contributed by atoms with Gasteiger partial charge in [0.1, 0.15) is 0 Å². The average molecular weight is 284 g/mol. The first-order valence-corrected chi connectivity index (χ1v) is 7.66. The van der Waals surface area contributed by atoms with E-state index in [1.807, 2.05) is 6.92 Å². The summed E-state index contributed by atoms with van der Waals surface area (Å²) in [6.45, 7) is 5.86. The summed E-state index contributed by atoms with van der Waals surface area (Å²) >= 11 is 0. The summed E-state index contributed by atoms with van der Waals surface area (Å²) in [5, 5.41) is 2.95. The maximum Gasteiger partial charge on any atom is 0.225 e. The van der Waals surface area contributed by atoms with Gasteiger partial charge >= 0.3 is 0 Å². The van der Waals surface area contributed by atoms with Crippen molar-refractivity contribution in [2.45, 2.75) is 52.0 Å². The number of nitrogens with one attached hydrogen (secondary N) is 1. The van der Waals surface area contributed by atoms with Crippen LogP contribution in [-0.2, 0) is 14.3 Å². The van der Waals surface area contributed by atoms with Crippen molar-refractivity contribution in [2.24, 2.45) is 5.92 Å². The fraction of sp³-hybridized carbons (Fsp3) is 0.867. The van der Waals surface area contributed by atoms with E-state index in [0.717, 1.165) is 19.4 Å². The molecule has 0 radical (unpaired) electrons. The maximum absolute atomic E-state index is 12.0. The van der Waals surface area contributed by atoms with E-state index in [1.54, 1.807) is 12.0 Å². The van der Waals surface area contributed by atoms with E-state index >= 15 is 0 Å². The molecule has 2 amide bonds. The summed E-state index contributed by atoms with van der Waals surface area (Å²) < 4.78 is 5.07. The minimum absolute atomic E-state index is 0.0157. The van der Waals surface area contributed by atoms with Gasteiger partial charge in [-0.05, 0) is 13.3 Å². The highest BCUT2D eigenvalue weighted by Crippen LogP contribution is 2.20. The Morgan fingerprint density at radius 3 is 2.85 bits per heavy atom. The maximum atomic E-state index is 12.0. The van der Waals surface area contributed by atoms with Crippen molar-refractivity contribution >= 4 is 11.8 Å². The average Bonchev–Trinajstić information content (AvgIpc) is 2.81. The van der Waals surface area contributed by atoms with Crippen LogP contribution in [0.2, 0.25) is 0 Å². The summed E-state index contributed by atoms with van der Waals surface area (Å²) in [5.41, 5.74) is 0. The molecular weight excluding hydrogens is 256 g/mol. The summed E-state index contributed by atoms with van der Waals surface area (Å²) in [6.07, 6.45) is 4.90. The Hall–Kier alpha value is -1.10. The zero-order valence-corrected chi connectivity index (χ0v) is 13.0. The molecule has 2 atom stereocenters. The van der Waals surface area contributed by atoms with Gasteiger partial charge in [0.15, 0.2) is 0 Å². The zero-order chi connectivity index (χ0) is 15.0. The molecule has 0 saturated carbocycles. The van der Waals surface area contributed by atoms with Crippen molar-refractivity contribution < 1.29 is 14.3 Å². The van der Waals surface area contributed by atoms with Crippen molar-refractivity contribution in [3.8, 4) is 0 Å². The van der Waals surface area contributed by atoms with E-state index in [2.05, 4.69) is 12.2 Å². The van der Waals surface area contributed by atoms with Crippen molar-refractivity contribution in [3.05, 3.63) is 0 Å². The lowest BCUT2D eigenvalue weighted by molar-refractivity contribution is -0.130. The Balaban J connectivity index is 2.30. The number of hydrogen-bond donors (Lipinski definition) is 1. The van der Waals surface area contributed by atoms with Crippen LogP contribution < -0.4 is 5.32 Å². The third-order valence-corrected chi connectivity index (χ3v) is 3.80. The van der Waals surface area contributed by atoms with E-state index in [9.17, 15) is 9.59 Å². The van der Waals surface area contributed by atoms with E-state index in [4.69, 9.17) is 4.74 Å². The highest BCUT2D eigenvalue weighted by molar-refractivity contribution is 5.89. The summed E-state index contributed by atoms with van der Waals surface area (Å²) in [4.78, 5) is 25.7. The van der Waals surface area contributed by atoms with Crippen LogP contribution in [0.3, 0.4) is 0 Å². The molecule has 5 nitrogen and oxygen atoms in total. The van der Waals surface area contributed by atoms with Gasteiger partial charge < -0.3 is 15.0 Å². The van der Waals surface area contributed by atoms with Crippen LogP contribution in [0, 0.1) is 5.92 Å². The Labute approximate surface area is 122 Å². The molecule has 0 unspecified atom stereocenters. The fourth-order valence-corrected chi connectivity index (χ4v) is 2.57. The standard InChI is InChI=1S/C15H28N2O3/c1-4-5-6-7-8-16-15(19)13-9-14(18)17(10-13)12(2)11-20-3/h12-13H,4-11H2,1-3H3,(H,16,19)/t12-,13+/m1/s1. The monoisotopic (exact) mass is 284 g/mol. The summed E-state index contributed by atoms with van der Waals surface area (Å²) in [6, 6.07) is 0.0369. The van der Waals surface area contributed by atoms with Gasteiger partial charge in [-0.3, -0.25) is 9.59 Å². The van der Waals surface area contributed by atoms with Crippen LogP contribution in [0.5, 0.6) is 0 Å². The molecule has 0 aliphatic carbocycles. The van der Waals surface area contributed by atoms with Gasteiger partial charge in [0, 0.05) is 26.6 Å². The molecule has 20 heavy (non-hydrogen) atoms. The predicted molar refractivity (Wildman–Crippen MR) is 78.3 cm³/mol. The van der Waals surface area contributed by atoms with E-state index < -0.39 is 0 Å². The number of unbranched alkanes of at least 4 members (excludes halogenated alkanes) is 3. The number of rotatable bonds is 9. The number of methoxy groups -OCH3 is 1. The third kappa shape index (κ3) is 5.12. The lowest BCUT2D eigenvalue weighted by atomic mass is 10.1. The number of hydrogen-bond acceptors (Lipinski definition) is 3. The third-order valence-electron chi connectivity index (χ3n) is 3.80. The fourth-order valence-electron chi connectivity index (χ4n) is 2.57. The predicted octanol–water partition coefficient (Wildman–Crippen LogP) is 1.57. The van der Waals surface area contributed by atoms with Gasteiger partial charge in [-0.25, -0.2) is 0 Å². The molecule has 1 saturated heterocycles. The normalized spacial score (nSPS) is 20.2. The molecule has 1 fully saturated rings. The first kappa shape index (κ1) is 17.0. The van der Waals surface area contributed by atoms with Crippen LogP contribution in [0.1, 0.15) is 46.0 Å². The van der Waals surface area contributed by atoms with Gasteiger partial charge in [-0.15, -0.1) is 0 Å². The number of likely N-dealkylation sites (tertiary alicyclic amines) is 1. The molecular formula is C15H28N2O3. The van der Waals surface area contributed by atoms with Crippen molar-refractivity contribution in [1.29, 1.82) is 0 Å². The van der Waals surface area contributed by atoms with Crippen molar-refractivity contribution in [3.63, 3.8) is 0 Å². The van der Waals surface area contributed by atoms with Crippen LogP contribution in [0.4, 0.5) is 0 Å². The second-order valence-electron chi connectivity index (χ2n) is 5.60. The SMILES string of the molecule is CCCCCCNC(=O)[C@H]1CC(=O)N([C@H](C)COC)C1. The van der Waals surface area contributed by atoms with Crippen molar-refractivity contribution in [2.75, 3.05) is 26.8 Å². The lowest BCUT2D eigenvalue weighted by Crippen LogP contribution is -2.39. The molecule has 1 aliphatic rings. The van der Waals surface area contributed by atoms with Crippen LogP contribution in [0.25, 0.3) is 0 Å². The molecule has 1 N–H and O–H groups in total. The van der Waals surface area contributed by atoms with Gasteiger partial charge in [-0.2, -0.15) is 0 Å². The second-order valence-corrected chi connectivity index (χ2v) is 5.60. The van der Waals surface area contributed by atoms with Crippen LogP contribution in [0.15, 0.2) is 0 Å². The Bertz CT molecular complexity index is 320. The molecule has 0 spiro atoms.